The van der Waals surface area contributed by atoms with E-state index < -0.39 is 29.0 Å². The lowest BCUT2D eigenvalue weighted by Gasteiger charge is -2.14. The van der Waals surface area contributed by atoms with E-state index in [-0.39, 0.29) is 23.8 Å². The highest BCUT2D eigenvalue weighted by atomic mass is 127. The Morgan fingerprint density at radius 3 is 2.45 bits per heavy atom. The number of nitrogens with one attached hydrogen (secondary N) is 2. The van der Waals surface area contributed by atoms with Crippen molar-refractivity contribution in [1.82, 2.24) is 5.48 Å². The minimum absolute atomic E-state index is 0.105. The van der Waals surface area contributed by atoms with Crippen LogP contribution in [0.15, 0.2) is 30.3 Å². The van der Waals surface area contributed by atoms with E-state index in [4.69, 9.17) is 4.84 Å². The first kappa shape index (κ1) is 24.9. The van der Waals surface area contributed by atoms with Crippen molar-refractivity contribution in [3.63, 3.8) is 0 Å². The number of esters is 1. The summed E-state index contributed by atoms with van der Waals surface area (Å²) in [5, 5.41) is 2.45. The van der Waals surface area contributed by atoms with Gasteiger partial charge in [0, 0.05) is 9.99 Å². The van der Waals surface area contributed by atoms with Crippen molar-refractivity contribution >= 4 is 45.8 Å². The van der Waals surface area contributed by atoms with Crippen LogP contribution in [-0.2, 0) is 14.4 Å². The van der Waals surface area contributed by atoms with Gasteiger partial charge in [-0.05, 0) is 65.8 Å². The number of benzene rings is 2. The Morgan fingerprint density at radius 1 is 1.00 bits per heavy atom. The van der Waals surface area contributed by atoms with Gasteiger partial charge in [-0.25, -0.2) is 18.7 Å². The van der Waals surface area contributed by atoms with Crippen LogP contribution in [0.5, 0.6) is 0 Å². The van der Waals surface area contributed by atoms with E-state index in [1.807, 2.05) is 22.6 Å². The molecule has 0 saturated heterocycles. The summed E-state index contributed by atoms with van der Waals surface area (Å²) in [6.07, 6.45) is 3.24. The Kier molecular flexibility index (Phi) is 10.0. The van der Waals surface area contributed by atoms with Crippen molar-refractivity contribution < 1.29 is 32.3 Å². The minimum atomic E-state index is -1.31. The molecule has 31 heavy (non-hydrogen) atoms. The van der Waals surface area contributed by atoms with Crippen LogP contribution in [0.4, 0.5) is 24.5 Å². The zero-order valence-corrected chi connectivity index (χ0v) is 18.9. The second kappa shape index (κ2) is 12.5. The number of hydrogen-bond acceptors (Lipinski definition) is 5. The average molecular weight is 550 g/mol. The quantitative estimate of drug-likeness (QED) is 0.173. The first-order chi connectivity index (χ1) is 14.8. The number of ether oxygens (including phenoxy) is 1. The fourth-order valence-corrected chi connectivity index (χ4v) is 3.11. The van der Waals surface area contributed by atoms with Crippen LogP contribution in [0.1, 0.15) is 42.5 Å². The number of hydrogen-bond donors (Lipinski definition) is 2. The maximum atomic E-state index is 14.3. The van der Waals surface area contributed by atoms with E-state index in [1.54, 1.807) is 6.07 Å². The number of anilines is 2. The third-order valence-electron chi connectivity index (χ3n) is 4.30. The van der Waals surface area contributed by atoms with Crippen LogP contribution >= 0.6 is 22.6 Å². The molecule has 1 amide bonds. The van der Waals surface area contributed by atoms with Gasteiger partial charge in [0.2, 0.25) is 0 Å². The van der Waals surface area contributed by atoms with E-state index in [0.29, 0.717) is 22.8 Å². The molecule has 2 aromatic rings. The number of amides is 1. The number of rotatable bonds is 11. The molecule has 0 spiro atoms. The zero-order chi connectivity index (χ0) is 22.8. The molecule has 168 valence electrons. The number of hydroxylamine groups is 1. The number of unbranched alkanes of at least 4 members (excludes halogenated alkanes) is 3. The van der Waals surface area contributed by atoms with E-state index >= 15 is 0 Å². The van der Waals surface area contributed by atoms with E-state index in [9.17, 15) is 22.8 Å². The normalized spacial score (nSPS) is 10.6. The van der Waals surface area contributed by atoms with Crippen LogP contribution in [0.25, 0.3) is 0 Å². The molecule has 0 radical (unpaired) electrons. The Hall–Kier alpha value is -2.34. The summed E-state index contributed by atoms with van der Waals surface area (Å²) in [5.74, 6) is -4.23. The molecule has 0 aliphatic heterocycles. The van der Waals surface area contributed by atoms with Gasteiger partial charge in [-0.1, -0.05) is 12.8 Å². The maximum Gasteiger partial charge on any atom is 0.305 e. The van der Waals surface area contributed by atoms with Crippen LogP contribution in [0.2, 0.25) is 0 Å². The van der Waals surface area contributed by atoms with Gasteiger partial charge >= 0.3 is 5.97 Å². The van der Waals surface area contributed by atoms with Crippen LogP contribution < -0.4 is 10.8 Å². The molecular formula is C21H22F3IN2O4. The van der Waals surface area contributed by atoms with Crippen molar-refractivity contribution in [2.24, 2.45) is 0 Å². The van der Waals surface area contributed by atoms with Gasteiger partial charge in [0.25, 0.3) is 5.91 Å². The summed E-state index contributed by atoms with van der Waals surface area (Å²) >= 11 is 1.91. The van der Waals surface area contributed by atoms with Crippen molar-refractivity contribution in [1.29, 1.82) is 0 Å². The summed E-state index contributed by atoms with van der Waals surface area (Å²) < 4.78 is 47.3. The van der Waals surface area contributed by atoms with Gasteiger partial charge in [-0.2, -0.15) is 0 Å². The molecule has 10 heteroatoms. The van der Waals surface area contributed by atoms with E-state index in [2.05, 4.69) is 15.5 Å². The van der Waals surface area contributed by atoms with Gasteiger partial charge in [-0.3, -0.25) is 14.4 Å². The molecule has 0 saturated carbocycles. The molecule has 0 aliphatic rings. The lowest BCUT2D eigenvalue weighted by molar-refractivity contribution is -0.140. The monoisotopic (exact) mass is 550 g/mol. The second-order valence-electron chi connectivity index (χ2n) is 6.55. The largest absolute Gasteiger partial charge is 0.469 e. The minimum Gasteiger partial charge on any atom is -0.469 e. The van der Waals surface area contributed by atoms with Gasteiger partial charge in [0.1, 0.15) is 5.82 Å². The second-order valence-corrected chi connectivity index (χ2v) is 7.80. The molecule has 0 atom stereocenters. The SMILES string of the molecule is COC(=O)CCCCCCONC(=O)c1ccc(F)c(F)c1Nc1ccc(I)cc1F. The Bertz CT molecular complexity index is 928. The van der Waals surface area contributed by atoms with Crippen LogP contribution in [-0.4, -0.2) is 25.6 Å². The number of carbonyl (C=O) groups is 2. The first-order valence-corrected chi connectivity index (χ1v) is 10.6. The molecule has 2 rings (SSSR count). The fraction of sp³-hybridized carbons (Fsp3) is 0.333. The molecule has 2 aromatic carbocycles. The third kappa shape index (κ3) is 7.69. The standard InChI is InChI=1S/C21H22F3IN2O4/c1-30-18(28)6-4-2-3-5-11-31-27-21(29)14-8-9-15(22)19(24)20(14)26-17-10-7-13(25)12-16(17)23/h7-10,12,26H,2-6,11H2,1H3,(H,27,29). The molecule has 0 aromatic heterocycles. The zero-order valence-electron chi connectivity index (χ0n) is 16.8. The Morgan fingerprint density at radius 2 is 1.74 bits per heavy atom. The summed E-state index contributed by atoms with van der Waals surface area (Å²) in [6, 6.07) is 6.04. The lowest BCUT2D eigenvalue weighted by atomic mass is 10.1. The van der Waals surface area contributed by atoms with E-state index in [0.717, 1.165) is 25.0 Å². The highest BCUT2D eigenvalue weighted by molar-refractivity contribution is 14.1. The summed E-state index contributed by atoms with van der Waals surface area (Å²) in [4.78, 5) is 28.5. The van der Waals surface area contributed by atoms with Crippen molar-refractivity contribution in [2.75, 3.05) is 19.0 Å². The molecule has 2 N–H and O–H groups in total. The van der Waals surface area contributed by atoms with E-state index in [1.165, 1.54) is 19.2 Å². The van der Waals surface area contributed by atoms with Crippen LogP contribution in [0.3, 0.4) is 0 Å². The summed E-state index contributed by atoms with van der Waals surface area (Å²) in [5.41, 5.74) is 1.33. The molecule has 0 unspecified atom stereocenters. The topological polar surface area (TPSA) is 76.7 Å². The highest BCUT2D eigenvalue weighted by Gasteiger charge is 2.20. The number of carbonyl (C=O) groups excluding carboxylic acids is 2. The highest BCUT2D eigenvalue weighted by Crippen LogP contribution is 2.28. The van der Waals surface area contributed by atoms with Crippen molar-refractivity contribution in [2.45, 2.75) is 32.1 Å². The molecular weight excluding hydrogens is 528 g/mol. The van der Waals surface area contributed by atoms with Crippen molar-refractivity contribution in [3.05, 3.63) is 56.9 Å². The van der Waals surface area contributed by atoms with Crippen LogP contribution in [0, 0.1) is 21.0 Å². The molecule has 0 heterocycles. The average Bonchev–Trinajstić information content (AvgIpc) is 2.74. The maximum absolute atomic E-state index is 14.3. The molecule has 0 aliphatic carbocycles. The summed E-state index contributed by atoms with van der Waals surface area (Å²) in [6.45, 7) is 0.197. The van der Waals surface area contributed by atoms with Gasteiger partial charge in [0.05, 0.1) is 30.7 Å². The third-order valence-corrected chi connectivity index (χ3v) is 4.97. The smallest absolute Gasteiger partial charge is 0.305 e. The van der Waals surface area contributed by atoms with Gasteiger partial charge in [-0.15, -0.1) is 0 Å². The lowest BCUT2D eigenvalue weighted by Crippen LogP contribution is -2.25. The Balaban J connectivity index is 1.92. The fourth-order valence-electron chi connectivity index (χ4n) is 2.66. The van der Waals surface area contributed by atoms with Gasteiger partial charge < -0.3 is 10.1 Å². The number of halogens is 4. The van der Waals surface area contributed by atoms with Crippen molar-refractivity contribution in [3.8, 4) is 0 Å². The summed E-state index contributed by atoms with van der Waals surface area (Å²) in [7, 11) is 1.34. The number of methoxy groups -OCH3 is 1. The molecule has 0 fully saturated rings. The molecule has 0 bridgehead atoms. The predicted octanol–water partition coefficient (Wildman–Crippen LogP) is 5.24. The Labute approximate surface area is 191 Å². The molecule has 6 nitrogen and oxygen atoms in total. The first-order valence-electron chi connectivity index (χ1n) is 9.52. The van der Waals surface area contributed by atoms with Gasteiger partial charge in [0.15, 0.2) is 11.6 Å². The predicted molar refractivity (Wildman–Crippen MR) is 117 cm³/mol.